The lowest BCUT2D eigenvalue weighted by Gasteiger charge is -2.27. The van der Waals surface area contributed by atoms with Gasteiger partial charge in [0.2, 0.25) is 5.91 Å². The summed E-state index contributed by atoms with van der Waals surface area (Å²) in [7, 11) is 3.62. The van der Waals surface area contributed by atoms with Gasteiger partial charge in [0.1, 0.15) is 5.75 Å². The summed E-state index contributed by atoms with van der Waals surface area (Å²) < 4.78 is 28.7. The first-order valence-electron chi connectivity index (χ1n) is 7.39. The molecule has 5 nitrogen and oxygen atoms in total. The fourth-order valence-electron chi connectivity index (χ4n) is 2.45. The van der Waals surface area contributed by atoms with E-state index in [2.05, 4.69) is 10.1 Å². The van der Waals surface area contributed by atoms with E-state index in [1.807, 2.05) is 32.8 Å². The molecule has 7 heteroatoms. The highest BCUT2D eigenvalue weighted by atomic mass is 19.3. The van der Waals surface area contributed by atoms with E-state index in [4.69, 9.17) is 0 Å². The third-order valence-corrected chi connectivity index (χ3v) is 3.39. The number of aliphatic hydroxyl groups excluding tert-OH is 1. The molecule has 0 aliphatic carbocycles. The molecule has 1 amide bonds. The van der Waals surface area contributed by atoms with E-state index in [0.717, 1.165) is 0 Å². The summed E-state index contributed by atoms with van der Waals surface area (Å²) in [5, 5.41) is 12.8. The van der Waals surface area contributed by atoms with Gasteiger partial charge < -0.3 is 15.2 Å². The second-order valence-electron chi connectivity index (χ2n) is 5.86. The van der Waals surface area contributed by atoms with Crippen molar-refractivity contribution in [2.45, 2.75) is 32.6 Å². The van der Waals surface area contributed by atoms with Crippen molar-refractivity contribution in [3.63, 3.8) is 0 Å². The van der Waals surface area contributed by atoms with Crippen LogP contribution in [-0.4, -0.2) is 49.2 Å². The van der Waals surface area contributed by atoms with Crippen LogP contribution < -0.4 is 10.1 Å². The number of carbonyl (C=O) groups is 1. The number of likely N-dealkylation sites (N-methyl/N-ethyl adjacent to an activating group) is 1. The van der Waals surface area contributed by atoms with Crippen molar-refractivity contribution in [1.29, 1.82) is 0 Å². The maximum absolute atomic E-state index is 12.2. The van der Waals surface area contributed by atoms with Crippen molar-refractivity contribution in [2.24, 2.45) is 5.92 Å². The SMILES string of the molecule is CC(C)C(C(=O)NCC(O)c1cccc(OC(F)F)c1)N(C)C. The molecule has 0 fully saturated rings. The number of aliphatic hydroxyl groups is 1. The molecule has 2 unspecified atom stereocenters. The van der Waals surface area contributed by atoms with Crippen LogP contribution in [0.4, 0.5) is 8.78 Å². The molecule has 1 aromatic rings. The summed E-state index contributed by atoms with van der Waals surface area (Å²) in [5.41, 5.74) is 0.398. The molecule has 0 saturated heterocycles. The van der Waals surface area contributed by atoms with Crippen LogP contribution in [0.3, 0.4) is 0 Å². The van der Waals surface area contributed by atoms with Gasteiger partial charge in [-0.1, -0.05) is 26.0 Å². The van der Waals surface area contributed by atoms with E-state index in [1.54, 1.807) is 6.07 Å². The Morgan fingerprint density at radius 3 is 2.52 bits per heavy atom. The largest absolute Gasteiger partial charge is 0.435 e. The highest BCUT2D eigenvalue weighted by Gasteiger charge is 2.24. The molecule has 0 aliphatic rings. The van der Waals surface area contributed by atoms with Gasteiger partial charge in [-0.25, -0.2) is 0 Å². The summed E-state index contributed by atoms with van der Waals surface area (Å²) in [4.78, 5) is 14.0. The number of hydrogen-bond acceptors (Lipinski definition) is 4. The fourth-order valence-corrected chi connectivity index (χ4v) is 2.45. The third-order valence-electron chi connectivity index (χ3n) is 3.39. The Bertz CT molecular complexity index is 502. The van der Waals surface area contributed by atoms with Gasteiger partial charge >= 0.3 is 6.61 Å². The minimum Gasteiger partial charge on any atom is -0.435 e. The maximum Gasteiger partial charge on any atom is 0.387 e. The fraction of sp³-hybridized carbons (Fsp3) is 0.562. The third kappa shape index (κ3) is 6.11. The number of nitrogens with one attached hydrogen (secondary N) is 1. The molecule has 2 N–H and O–H groups in total. The number of carbonyl (C=O) groups excluding carboxylic acids is 1. The molecule has 2 atom stereocenters. The lowest BCUT2D eigenvalue weighted by Crippen LogP contribution is -2.47. The van der Waals surface area contributed by atoms with Gasteiger partial charge in [-0.15, -0.1) is 0 Å². The van der Waals surface area contributed by atoms with E-state index in [9.17, 15) is 18.7 Å². The van der Waals surface area contributed by atoms with Crippen LogP contribution in [0.2, 0.25) is 0 Å². The number of benzene rings is 1. The molecule has 23 heavy (non-hydrogen) atoms. The van der Waals surface area contributed by atoms with Crippen LogP contribution in [0.5, 0.6) is 5.75 Å². The van der Waals surface area contributed by atoms with E-state index in [-0.39, 0.29) is 30.2 Å². The molecule has 0 heterocycles. The lowest BCUT2D eigenvalue weighted by molar-refractivity contribution is -0.127. The number of halogens is 2. The average molecular weight is 330 g/mol. The van der Waals surface area contributed by atoms with Crippen molar-refractivity contribution >= 4 is 5.91 Å². The topological polar surface area (TPSA) is 61.8 Å². The van der Waals surface area contributed by atoms with Crippen molar-refractivity contribution in [2.75, 3.05) is 20.6 Å². The van der Waals surface area contributed by atoms with Crippen molar-refractivity contribution in [3.05, 3.63) is 29.8 Å². The highest BCUT2D eigenvalue weighted by Crippen LogP contribution is 2.20. The Kier molecular flexibility index (Phi) is 7.38. The van der Waals surface area contributed by atoms with Crippen molar-refractivity contribution < 1.29 is 23.4 Å². The van der Waals surface area contributed by atoms with Gasteiger partial charge in [0.25, 0.3) is 0 Å². The Hall–Kier alpha value is -1.73. The number of nitrogens with zero attached hydrogens (tertiary/aromatic N) is 1. The van der Waals surface area contributed by atoms with Crippen LogP contribution in [0.25, 0.3) is 0 Å². The molecule has 130 valence electrons. The average Bonchev–Trinajstić information content (AvgIpc) is 2.43. The van der Waals surface area contributed by atoms with Crippen molar-refractivity contribution in [3.8, 4) is 5.75 Å². The molecule has 0 aliphatic heterocycles. The second-order valence-corrected chi connectivity index (χ2v) is 5.86. The van der Waals surface area contributed by atoms with Crippen LogP contribution in [0.15, 0.2) is 24.3 Å². The Labute approximate surface area is 135 Å². The van der Waals surface area contributed by atoms with Gasteiger partial charge in [0, 0.05) is 6.54 Å². The zero-order valence-electron chi connectivity index (χ0n) is 13.8. The predicted octanol–water partition coefficient (Wildman–Crippen LogP) is 2.02. The molecular weight excluding hydrogens is 306 g/mol. The summed E-state index contributed by atoms with van der Waals surface area (Å²) in [6, 6.07) is 5.49. The number of rotatable bonds is 8. The highest BCUT2D eigenvalue weighted by molar-refractivity contribution is 5.82. The standard InChI is InChI=1S/C16H24F2N2O3/c1-10(2)14(20(3)4)15(22)19-9-13(21)11-6-5-7-12(8-11)23-16(17)18/h5-8,10,13-14,16,21H,9H2,1-4H3,(H,19,22). The molecule has 0 bridgehead atoms. The van der Waals surface area contributed by atoms with Crippen LogP contribution >= 0.6 is 0 Å². The van der Waals surface area contributed by atoms with E-state index >= 15 is 0 Å². The quantitative estimate of drug-likeness (QED) is 0.766. The zero-order chi connectivity index (χ0) is 17.6. The Balaban J connectivity index is 2.66. The minimum atomic E-state index is -2.92. The zero-order valence-corrected chi connectivity index (χ0v) is 13.8. The number of amides is 1. The van der Waals surface area contributed by atoms with Gasteiger partial charge in [-0.3, -0.25) is 9.69 Å². The molecule has 1 aromatic carbocycles. The van der Waals surface area contributed by atoms with E-state index < -0.39 is 12.7 Å². The normalized spacial score (nSPS) is 14.2. The van der Waals surface area contributed by atoms with Gasteiger partial charge in [0.15, 0.2) is 0 Å². The molecule has 0 aromatic heterocycles. The first-order valence-corrected chi connectivity index (χ1v) is 7.39. The summed E-state index contributed by atoms with van der Waals surface area (Å²) in [6.45, 7) is 0.945. The second kappa shape index (κ2) is 8.79. The maximum atomic E-state index is 12.2. The summed E-state index contributed by atoms with van der Waals surface area (Å²) >= 11 is 0. The van der Waals surface area contributed by atoms with Gasteiger partial charge in [-0.2, -0.15) is 8.78 Å². The molecular formula is C16H24F2N2O3. The Morgan fingerprint density at radius 2 is 2.00 bits per heavy atom. The Morgan fingerprint density at radius 1 is 1.35 bits per heavy atom. The van der Waals surface area contributed by atoms with Crippen molar-refractivity contribution in [1.82, 2.24) is 10.2 Å². The first-order chi connectivity index (χ1) is 10.7. The number of ether oxygens (including phenoxy) is 1. The lowest BCUT2D eigenvalue weighted by atomic mass is 10.0. The van der Waals surface area contributed by atoms with E-state index in [1.165, 1.54) is 18.2 Å². The van der Waals surface area contributed by atoms with Crippen LogP contribution in [0, 0.1) is 5.92 Å². The number of alkyl halides is 2. The smallest absolute Gasteiger partial charge is 0.387 e. The van der Waals surface area contributed by atoms with Gasteiger partial charge in [-0.05, 0) is 37.7 Å². The van der Waals surface area contributed by atoms with Crippen LogP contribution in [0.1, 0.15) is 25.5 Å². The minimum absolute atomic E-state index is 0.00593. The predicted molar refractivity (Wildman–Crippen MR) is 83.4 cm³/mol. The molecule has 0 radical (unpaired) electrons. The molecule has 0 saturated carbocycles. The summed E-state index contributed by atoms with van der Waals surface area (Å²) in [5.74, 6) is -0.106. The number of hydrogen-bond donors (Lipinski definition) is 2. The van der Waals surface area contributed by atoms with E-state index in [0.29, 0.717) is 5.56 Å². The molecule has 1 rings (SSSR count). The van der Waals surface area contributed by atoms with Gasteiger partial charge in [0.05, 0.1) is 12.1 Å². The summed E-state index contributed by atoms with van der Waals surface area (Å²) in [6.07, 6.45) is -1.00. The molecule has 0 spiro atoms. The van der Waals surface area contributed by atoms with Crippen LogP contribution in [-0.2, 0) is 4.79 Å². The first kappa shape index (κ1) is 19.3. The monoisotopic (exact) mass is 330 g/mol.